The van der Waals surface area contributed by atoms with Gasteiger partial charge >= 0.3 is 0 Å². The molecule has 0 radical (unpaired) electrons. The Kier molecular flexibility index (Phi) is 4.39. The number of hydrogen-bond acceptors (Lipinski definition) is 2. The maximum absolute atomic E-state index is 2.39. The molecule has 1 aliphatic rings. The Labute approximate surface area is 201 Å². The van der Waals surface area contributed by atoms with Crippen LogP contribution in [0.15, 0.2) is 135 Å². The van der Waals surface area contributed by atoms with Gasteiger partial charge in [0.2, 0.25) is 0 Å². The predicted octanol–water partition coefficient (Wildman–Crippen LogP) is 9.07. The molecule has 156 valence electrons. The molecule has 0 saturated heterocycles. The van der Waals surface area contributed by atoms with E-state index in [0.717, 1.165) is 0 Å². The van der Waals surface area contributed by atoms with Gasteiger partial charge in [0.1, 0.15) is 0 Å². The van der Waals surface area contributed by atoms with Gasteiger partial charge in [-0.3, -0.25) is 0 Å². The van der Waals surface area contributed by atoms with Crippen molar-refractivity contribution in [1.29, 1.82) is 0 Å². The molecule has 0 bridgehead atoms. The van der Waals surface area contributed by atoms with E-state index < -0.39 is 0 Å². The lowest BCUT2D eigenvalue weighted by atomic mass is 10.0. The molecule has 1 aromatic heterocycles. The second-order valence-electron chi connectivity index (χ2n) is 8.20. The fraction of sp³-hybridized carbons (Fsp3) is 0. The third-order valence-electron chi connectivity index (χ3n) is 6.26. The molecule has 0 amide bonds. The van der Waals surface area contributed by atoms with Crippen molar-refractivity contribution >= 4 is 45.3 Å². The second kappa shape index (κ2) is 7.58. The highest BCUT2D eigenvalue weighted by Crippen LogP contribution is 2.51. The van der Waals surface area contributed by atoms with Crippen molar-refractivity contribution in [3.8, 4) is 16.8 Å². The molecular formula is C30H19NS2. The Hall–Kier alpha value is -3.40. The van der Waals surface area contributed by atoms with Crippen molar-refractivity contribution < 1.29 is 0 Å². The predicted molar refractivity (Wildman–Crippen MR) is 141 cm³/mol. The van der Waals surface area contributed by atoms with Crippen molar-refractivity contribution in [3.63, 3.8) is 0 Å². The molecule has 0 spiro atoms. The van der Waals surface area contributed by atoms with Crippen LogP contribution in [0.4, 0.5) is 0 Å². The summed E-state index contributed by atoms with van der Waals surface area (Å²) in [5, 5.41) is 2.58. The van der Waals surface area contributed by atoms with Gasteiger partial charge in [-0.2, -0.15) is 0 Å². The quantitative estimate of drug-likeness (QED) is 0.255. The van der Waals surface area contributed by atoms with E-state index in [-0.39, 0.29) is 0 Å². The zero-order valence-corrected chi connectivity index (χ0v) is 19.4. The van der Waals surface area contributed by atoms with E-state index in [1.165, 1.54) is 58.2 Å². The van der Waals surface area contributed by atoms with Crippen LogP contribution < -0.4 is 0 Å². The topological polar surface area (TPSA) is 4.93 Å². The molecule has 33 heavy (non-hydrogen) atoms. The normalized spacial score (nSPS) is 12.6. The van der Waals surface area contributed by atoms with Crippen molar-refractivity contribution in [2.75, 3.05) is 0 Å². The first-order chi connectivity index (χ1) is 16.4. The Bertz CT molecular complexity index is 1630. The SMILES string of the molecule is c1cc(-c2cccc3c2Sc2ccccc2S3)cc(-n2c3ccccc3c3ccccc32)c1. The van der Waals surface area contributed by atoms with E-state index >= 15 is 0 Å². The van der Waals surface area contributed by atoms with E-state index in [4.69, 9.17) is 0 Å². The zero-order valence-electron chi connectivity index (χ0n) is 17.7. The third kappa shape index (κ3) is 3.04. The summed E-state index contributed by atoms with van der Waals surface area (Å²) in [6, 6.07) is 41.7. The van der Waals surface area contributed by atoms with E-state index in [0.29, 0.717) is 0 Å². The lowest BCUT2D eigenvalue weighted by molar-refractivity contribution is 1.15. The van der Waals surface area contributed by atoms with Crippen molar-refractivity contribution in [2.24, 2.45) is 0 Å². The summed E-state index contributed by atoms with van der Waals surface area (Å²) in [6.07, 6.45) is 0. The molecule has 7 rings (SSSR count). The first-order valence-corrected chi connectivity index (χ1v) is 12.7. The summed E-state index contributed by atoms with van der Waals surface area (Å²) in [6.45, 7) is 0. The fourth-order valence-corrected chi connectivity index (χ4v) is 7.19. The van der Waals surface area contributed by atoms with E-state index in [1.54, 1.807) is 0 Å². The standard InChI is InChI=1S/C30H19NS2/c1-3-14-25-23(11-1)24-12-2-4-15-26(24)31(25)21-10-7-9-20(19-21)22-13-8-18-29-30(22)33-28-17-6-5-16-27(28)32-29/h1-19H. The van der Waals surface area contributed by atoms with Crippen LogP contribution in [0.25, 0.3) is 38.6 Å². The van der Waals surface area contributed by atoms with E-state index in [9.17, 15) is 0 Å². The van der Waals surface area contributed by atoms with Crippen molar-refractivity contribution in [2.45, 2.75) is 19.6 Å². The molecule has 0 atom stereocenters. The van der Waals surface area contributed by atoms with Crippen LogP contribution in [0.1, 0.15) is 0 Å². The maximum atomic E-state index is 2.39. The van der Waals surface area contributed by atoms with Gasteiger partial charge in [0.15, 0.2) is 0 Å². The maximum Gasteiger partial charge on any atom is 0.0541 e. The third-order valence-corrected chi connectivity index (χ3v) is 8.87. The van der Waals surface area contributed by atoms with Gasteiger partial charge in [0, 0.05) is 36.0 Å². The highest BCUT2D eigenvalue weighted by Gasteiger charge is 2.20. The molecule has 0 fully saturated rings. The van der Waals surface area contributed by atoms with Crippen molar-refractivity contribution in [3.05, 3.63) is 115 Å². The van der Waals surface area contributed by atoms with Gasteiger partial charge in [0.25, 0.3) is 0 Å². The largest absolute Gasteiger partial charge is 0.309 e. The van der Waals surface area contributed by atoms with E-state index in [1.807, 2.05) is 23.5 Å². The number of para-hydroxylation sites is 2. The van der Waals surface area contributed by atoms with E-state index in [2.05, 4.69) is 120 Å². The average molecular weight is 458 g/mol. The molecule has 0 saturated carbocycles. The molecule has 1 aliphatic heterocycles. The summed E-state index contributed by atoms with van der Waals surface area (Å²) in [5.74, 6) is 0. The Morgan fingerprint density at radius 2 is 1.09 bits per heavy atom. The number of nitrogens with zero attached hydrogens (tertiary/aromatic N) is 1. The minimum absolute atomic E-state index is 1.19. The van der Waals surface area contributed by atoms with Crippen LogP contribution in [0.3, 0.4) is 0 Å². The first-order valence-electron chi connectivity index (χ1n) is 11.0. The van der Waals surface area contributed by atoms with Gasteiger partial charge in [-0.15, -0.1) is 0 Å². The van der Waals surface area contributed by atoms with Crippen LogP contribution in [-0.4, -0.2) is 4.57 Å². The molecule has 5 aromatic carbocycles. The number of benzene rings is 5. The average Bonchev–Trinajstić information content (AvgIpc) is 3.22. The van der Waals surface area contributed by atoms with Gasteiger partial charge in [-0.1, -0.05) is 96.3 Å². The highest BCUT2D eigenvalue weighted by atomic mass is 32.2. The minimum atomic E-state index is 1.19. The fourth-order valence-electron chi connectivity index (χ4n) is 4.79. The van der Waals surface area contributed by atoms with Crippen LogP contribution in [0, 0.1) is 0 Å². The summed E-state index contributed by atoms with van der Waals surface area (Å²) in [7, 11) is 0. The first kappa shape index (κ1) is 19.1. The number of fused-ring (bicyclic) bond motifs is 5. The molecule has 3 heteroatoms. The Balaban J connectivity index is 1.42. The molecule has 0 aliphatic carbocycles. The van der Waals surface area contributed by atoms with Gasteiger partial charge in [0.05, 0.1) is 11.0 Å². The van der Waals surface area contributed by atoms with Crippen LogP contribution in [0.2, 0.25) is 0 Å². The van der Waals surface area contributed by atoms with Crippen molar-refractivity contribution in [1.82, 2.24) is 4.57 Å². The van der Waals surface area contributed by atoms with Crippen LogP contribution in [0.5, 0.6) is 0 Å². The summed E-state index contributed by atoms with van der Waals surface area (Å²) < 4.78 is 2.39. The molecular weight excluding hydrogens is 438 g/mol. The van der Waals surface area contributed by atoms with Gasteiger partial charge in [-0.25, -0.2) is 0 Å². The summed E-state index contributed by atoms with van der Waals surface area (Å²) in [5.41, 5.74) is 6.21. The van der Waals surface area contributed by atoms with Crippen LogP contribution >= 0.6 is 23.5 Å². The van der Waals surface area contributed by atoms with Gasteiger partial charge < -0.3 is 4.57 Å². The highest BCUT2D eigenvalue weighted by molar-refractivity contribution is 8.05. The number of rotatable bonds is 2. The number of aromatic nitrogens is 1. The molecule has 2 heterocycles. The summed E-state index contributed by atoms with van der Waals surface area (Å²) >= 11 is 3.76. The molecule has 1 nitrogen and oxygen atoms in total. The summed E-state index contributed by atoms with van der Waals surface area (Å²) in [4.78, 5) is 5.35. The molecule has 0 N–H and O–H groups in total. The second-order valence-corrected chi connectivity index (χ2v) is 10.3. The number of hydrogen-bond donors (Lipinski definition) is 0. The zero-order chi connectivity index (χ0) is 21.8. The monoisotopic (exact) mass is 457 g/mol. The van der Waals surface area contributed by atoms with Crippen LogP contribution in [-0.2, 0) is 0 Å². The molecule has 6 aromatic rings. The Morgan fingerprint density at radius 1 is 0.485 bits per heavy atom. The lowest BCUT2D eigenvalue weighted by Crippen LogP contribution is -1.96. The smallest absolute Gasteiger partial charge is 0.0541 e. The Morgan fingerprint density at radius 3 is 1.85 bits per heavy atom. The minimum Gasteiger partial charge on any atom is -0.309 e. The molecule has 0 unspecified atom stereocenters. The van der Waals surface area contributed by atoms with Gasteiger partial charge in [-0.05, 0) is 53.6 Å². The lowest BCUT2D eigenvalue weighted by Gasteiger charge is -2.21.